The number of carboxylic acids is 2. The molecular formula is C11H19NO8. The normalized spacial score (nSPS) is 11.6. The molecule has 0 fully saturated rings. The van der Waals surface area contributed by atoms with Gasteiger partial charge in [-0.15, -0.1) is 0 Å². The van der Waals surface area contributed by atoms with Crippen molar-refractivity contribution in [2.24, 2.45) is 0 Å². The van der Waals surface area contributed by atoms with Crippen LogP contribution in [0, 0.1) is 13.8 Å². The Morgan fingerprint density at radius 3 is 1.65 bits per heavy atom. The van der Waals surface area contributed by atoms with Gasteiger partial charge in [-0.1, -0.05) is 0 Å². The molecule has 0 aliphatic carbocycles. The Morgan fingerprint density at radius 2 is 1.50 bits per heavy atom. The van der Waals surface area contributed by atoms with Crippen LogP contribution in [0.25, 0.3) is 0 Å². The maximum absolute atomic E-state index is 9.74. The van der Waals surface area contributed by atoms with Gasteiger partial charge in [0.2, 0.25) is 0 Å². The number of hydrogen-bond donors (Lipinski definition) is 3. The minimum absolute atomic E-state index is 0. The first-order chi connectivity index (χ1) is 8.25. The Hall–Kier alpha value is -2.07. The van der Waals surface area contributed by atoms with Crippen LogP contribution >= 0.6 is 0 Å². The van der Waals surface area contributed by atoms with Crippen molar-refractivity contribution >= 4 is 11.9 Å². The summed E-state index contributed by atoms with van der Waals surface area (Å²) >= 11 is 0. The summed E-state index contributed by atoms with van der Waals surface area (Å²) in [5.74, 6) is -3.83. The fourth-order valence-corrected chi connectivity index (χ4v) is 0.995. The molecule has 0 saturated heterocycles. The van der Waals surface area contributed by atoms with Crippen molar-refractivity contribution in [1.82, 2.24) is 0 Å². The third-order valence-corrected chi connectivity index (χ3v) is 1.88. The topological polar surface area (TPSA) is 195 Å². The van der Waals surface area contributed by atoms with Crippen LogP contribution in [-0.4, -0.2) is 50.4 Å². The number of aryl methyl sites for hydroxylation is 2. The Labute approximate surface area is 114 Å². The maximum atomic E-state index is 9.74. The van der Waals surface area contributed by atoms with E-state index in [-0.39, 0.29) is 11.0 Å². The molecule has 0 aromatic carbocycles. The molecule has 0 spiro atoms. The minimum Gasteiger partial charge on any atom is -0.547 e. The molecular weight excluding hydrogens is 274 g/mol. The van der Waals surface area contributed by atoms with Gasteiger partial charge in [0.15, 0.2) is 17.5 Å². The zero-order valence-electron chi connectivity index (χ0n) is 11.0. The molecule has 0 amide bonds. The number of carbonyl (C=O) groups is 2. The zero-order valence-corrected chi connectivity index (χ0v) is 11.0. The molecule has 20 heavy (non-hydrogen) atoms. The summed E-state index contributed by atoms with van der Waals surface area (Å²) in [6, 6.07) is 6.14. The number of carbonyl (C=O) groups excluding carboxylic acids is 1. The predicted octanol–water partition coefficient (Wildman–Crippen LogP) is -3.99. The summed E-state index contributed by atoms with van der Waals surface area (Å²) in [7, 11) is 0. The molecule has 1 rings (SSSR count). The SMILES string of the molecule is Cc1cccc(C)[nH+]1.O.O.O=C([O-])[C@H](O)[C@@H](O)C(=O)O. The van der Waals surface area contributed by atoms with Crippen molar-refractivity contribution < 1.29 is 46.0 Å². The van der Waals surface area contributed by atoms with Crippen molar-refractivity contribution in [1.29, 1.82) is 0 Å². The van der Waals surface area contributed by atoms with Gasteiger partial charge in [-0.05, 0) is 6.07 Å². The first-order valence-corrected chi connectivity index (χ1v) is 5.01. The predicted molar refractivity (Wildman–Crippen MR) is 64.4 cm³/mol. The molecule has 0 saturated carbocycles. The van der Waals surface area contributed by atoms with E-state index in [4.69, 9.17) is 15.3 Å². The number of aliphatic hydroxyl groups is 2. The first-order valence-electron chi connectivity index (χ1n) is 5.01. The Kier molecular flexibility index (Phi) is 12.5. The summed E-state index contributed by atoms with van der Waals surface area (Å²) in [6.07, 6.45) is -4.71. The summed E-state index contributed by atoms with van der Waals surface area (Å²) in [5.41, 5.74) is 2.43. The lowest BCUT2D eigenvalue weighted by Crippen LogP contribution is -2.46. The Morgan fingerprint density at radius 1 is 1.10 bits per heavy atom. The van der Waals surface area contributed by atoms with Crippen molar-refractivity contribution in [3.05, 3.63) is 29.6 Å². The number of carboxylic acid groups (broad SMARTS) is 2. The van der Waals surface area contributed by atoms with Crippen LogP contribution in [0.15, 0.2) is 18.2 Å². The second kappa shape index (κ2) is 10.8. The van der Waals surface area contributed by atoms with E-state index in [9.17, 15) is 14.7 Å². The molecule has 0 unspecified atom stereocenters. The van der Waals surface area contributed by atoms with E-state index in [1.165, 1.54) is 11.4 Å². The highest BCUT2D eigenvalue weighted by atomic mass is 16.4. The lowest BCUT2D eigenvalue weighted by atomic mass is 10.2. The van der Waals surface area contributed by atoms with Crippen LogP contribution < -0.4 is 10.1 Å². The second-order valence-corrected chi connectivity index (χ2v) is 3.56. The standard InChI is InChI=1S/C7H9N.C4H6O6.2H2O/c1-6-4-3-5-7(2)8-6;5-1(3(7)8)2(6)4(9)10;;/h3-5H,1-2H3;1-2,5-6H,(H,7,8)(H,9,10);2*1H2/t;1-,2-;;/m.1../s1. The summed E-state index contributed by atoms with van der Waals surface area (Å²) < 4.78 is 0. The van der Waals surface area contributed by atoms with E-state index in [0.717, 1.165) is 0 Å². The monoisotopic (exact) mass is 293 g/mol. The van der Waals surface area contributed by atoms with Crippen molar-refractivity contribution in [3.63, 3.8) is 0 Å². The first kappa shape index (κ1) is 23.1. The molecule has 0 bridgehead atoms. The summed E-state index contributed by atoms with van der Waals surface area (Å²) in [4.78, 5) is 22.6. The number of hydrogen-bond acceptors (Lipinski definition) is 5. The van der Waals surface area contributed by atoms with Crippen LogP contribution in [-0.2, 0) is 9.59 Å². The van der Waals surface area contributed by atoms with E-state index >= 15 is 0 Å². The van der Waals surface area contributed by atoms with Gasteiger partial charge >= 0.3 is 5.97 Å². The molecule has 1 aromatic heterocycles. The minimum atomic E-state index is -2.38. The van der Waals surface area contributed by atoms with Gasteiger partial charge in [0.05, 0.1) is 5.97 Å². The average molecular weight is 293 g/mol. The van der Waals surface area contributed by atoms with Crippen molar-refractivity contribution in [2.45, 2.75) is 26.1 Å². The Balaban J connectivity index is -0.000000266. The number of pyridine rings is 1. The highest BCUT2D eigenvalue weighted by molar-refractivity contribution is 5.81. The quantitative estimate of drug-likeness (QED) is 0.507. The molecule has 0 aliphatic heterocycles. The van der Waals surface area contributed by atoms with Crippen LogP contribution in [0.5, 0.6) is 0 Å². The van der Waals surface area contributed by atoms with Crippen LogP contribution in [0.1, 0.15) is 11.4 Å². The number of aromatic amines is 1. The molecule has 116 valence electrons. The van der Waals surface area contributed by atoms with Crippen LogP contribution in [0.2, 0.25) is 0 Å². The maximum Gasteiger partial charge on any atom is 0.335 e. The average Bonchev–Trinajstić information content (AvgIpc) is 2.27. The van der Waals surface area contributed by atoms with Crippen molar-refractivity contribution in [3.8, 4) is 0 Å². The highest BCUT2D eigenvalue weighted by Gasteiger charge is 2.23. The largest absolute Gasteiger partial charge is 0.547 e. The van der Waals surface area contributed by atoms with E-state index in [1.54, 1.807) is 0 Å². The van der Waals surface area contributed by atoms with Crippen molar-refractivity contribution in [2.75, 3.05) is 0 Å². The molecule has 8 N–H and O–H groups in total. The number of H-pyrrole nitrogens is 1. The van der Waals surface area contributed by atoms with E-state index in [1.807, 2.05) is 32.0 Å². The third kappa shape index (κ3) is 8.94. The number of aliphatic carboxylic acids is 2. The smallest absolute Gasteiger partial charge is 0.335 e. The molecule has 0 radical (unpaired) electrons. The lowest BCUT2D eigenvalue weighted by Gasteiger charge is -2.13. The third-order valence-electron chi connectivity index (χ3n) is 1.88. The van der Waals surface area contributed by atoms with Crippen LogP contribution in [0.3, 0.4) is 0 Å². The number of rotatable bonds is 3. The van der Waals surface area contributed by atoms with Gasteiger partial charge in [0, 0.05) is 26.0 Å². The Bertz CT molecular complexity index is 387. The van der Waals surface area contributed by atoms with Gasteiger partial charge in [0.25, 0.3) is 0 Å². The fraction of sp³-hybridized carbons (Fsp3) is 0.364. The lowest BCUT2D eigenvalue weighted by molar-refractivity contribution is -0.396. The van der Waals surface area contributed by atoms with E-state index in [2.05, 4.69) is 4.98 Å². The molecule has 9 nitrogen and oxygen atoms in total. The van der Waals surface area contributed by atoms with Gasteiger partial charge in [-0.25, -0.2) is 9.78 Å². The molecule has 1 aromatic rings. The highest BCUT2D eigenvalue weighted by Crippen LogP contribution is 1.91. The van der Waals surface area contributed by atoms with E-state index in [0.29, 0.717) is 0 Å². The second-order valence-electron chi connectivity index (χ2n) is 3.56. The summed E-state index contributed by atoms with van der Waals surface area (Å²) in [6.45, 7) is 4.10. The van der Waals surface area contributed by atoms with Gasteiger partial charge < -0.3 is 36.2 Å². The molecule has 0 aliphatic rings. The van der Waals surface area contributed by atoms with Crippen LogP contribution in [0.4, 0.5) is 0 Å². The number of aromatic nitrogens is 1. The zero-order chi connectivity index (χ0) is 14.3. The molecule has 9 heteroatoms. The van der Waals surface area contributed by atoms with Gasteiger partial charge in [-0.2, -0.15) is 0 Å². The molecule has 2 atom stereocenters. The van der Waals surface area contributed by atoms with Gasteiger partial charge in [-0.3, -0.25) is 0 Å². The fourth-order valence-electron chi connectivity index (χ4n) is 0.995. The number of aliphatic hydroxyl groups excluding tert-OH is 2. The van der Waals surface area contributed by atoms with Gasteiger partial charge in [0.1, 0.15) is 6.10 Å². The van der Waals surface area contributed by atoms with E-state index < -0.39 is 24.1 Å². The summed E-state index contributed by atoms with van der Waals surface area (Å²) in [5, 5.41) is 34.1. The number of nitrogens with one attached hydrogen (secondary N) is 1. The molecule has 1 heterocycles.